The van der Waals surface area contributed by atoms with Crippen LogP contribution in [0.3, 0.4) is 0 Å². The van der Waals surface area contributed by atoms with Crippen LogP contribution in [0, 0.1) is 18.8 Å². The molecule has 3 rings (SSSR count). The van der Waals surface area contributed by atoms with Gasteiger partial charge in [-0.05, 0) is 30.9 Å². The second-order valence-corrected chi connectivity index (χ2v) is 6.32. The van der Waals surface area contributed by atoms with Gasteiger partial charge in [-0.25, -0.2) is 0 Å². The lowest BCUT2D eigenvalue weighted by molar-refractivity contribution is -0.146. The van der Waals surface area contributed by atoms with E-state index in [-0.39, 0.29) is 43.2 Å². The molecule has 0 N–H and O–H groups in total. The average Bonchev–Trinajstić information content (AvgIpc) is 2.84. The lowest BCUT2D eigenvalue weighted by Crippen LogP contribution is -2.33. The van der Waals surface area contributed by atoms with E-state index in [1.807, 2.05) is 43.3 Å². The zero-order valence-corrected chi connectivity index (χ0v) is 13.7. The van der Waals surface area contributed by atoms with E-state index >= 15 is 0 Å². The van der Waals surface area contributed by atoms with Crippen molar-refractivity contribution in [3.63, 3.8) is 0 Å². The van der Waals surface area contributed by atoms with E-state index in [4.69, 9.17) is 4.74 Å². The highest BCUT2D eigenvalue weighted by molar-refractivity contribution is 6.05. The summed E-state index contributed by atoms with van der Waals surface area (Å²) in [5.74, 6) is -1.19. The Morgan fingerprint density at radius 1 is 1.12 bits per heavy atom. The summed E-state index contributed by atoms with van der Waals surface area (Å²) >= 11 is 0. The molecule has 0 saturated carbocycles. The third-order valence-corrected chi connectivity index (χ3v) is 4.79. The Hall–Kier alpha value is -2.43. The number of likely N-dealkylation sites (tertiary alicyclic amines) is 1. The summed E-state index contributed by atoms with van der Waals surface area (Å²) in [6, 6.07) is 7.70. The van der Waals surface area contributed by atoms with Crippen LogP contribution in [0.5, 0.6) is 0 Å². The van der Waals surface area contributed by atoms with E-state index in [2.05, 4.69) is 0 Å². The lowest BCUT2D eigenvalue weighted by atomic mass is 9.85. The van der Waals surface area contributed by atoms with Gasteiger partial charge < -0.3 is 4.74 Å². The number of carbonyl (C=O) groups is 3. The van der Waals surface area contributed by atoms with Crippen molar-refractivity contribution in [2.24, 2.45) is 11.8 Å². The van der Waals surface area contributed by atoms with Gasteiger partial charge in [0.05, 0.1) is 18.3 Å². The number of allylic oxidation sites excluding steroid dienone is 2. The molecule has 0 unspecified atom stereocenters. The van der Waals surface area contributed by atoms with Gasteiger partial charge >= 0.3 is 5.97 Å². The van der Waals surface area contributed by atoms with Gasteiger partial charge in [0.1, 0.15) is 6.61 Å². The van der Waals surface area contributed by atoms with Gasteiger partial charge in [0, 0.05) is 6.54 Å². The minimum Gasteiger partial charge on any atom is -0.461 e. The Morgan fingerprint density at radius 2 is 1.75 bits per heavy atom. The molecule has 5 nitrogen and oxygen atoms in total. The van der Waals surface area contributed by atoms with E-state index < -0.39 is 5.97 Å². The normalized spacial score (nSPS) is 22.6. The number of rotatable bonds is 5. The molecule has 2 aliphatic rings. The van der Waals surface area contributed by atoms with Crippen molar-refractivity contribution in [1.82, 2.24) is 4.90 Å². The first-order valence-electron chi connectivity index (χ1n) is 8.28. The molecule has 2 atom stereocenters. The van der Waals surface area contributed by atoms with Crippen molar-refractivity contribution in [2.45, 2.75) is 32.8 Å². The van der Waals surface area contributed by atoms with Crippen LogP contribution in [0.15, 0.2) is 36.4 Å². The molecule has 126 valence electrons. The summed E-state index contributed by atoms with van der Waals surface area (Å²) < 4.78 is 5.26. The van der Waals surface area contributed by atoms with Gasteiger partial charge in [-0.2, -0.15) is 0 Å². The molecule has 1 aliphatic heterocycles. The molecule has 0 bridgehead atoms. The topological polar surface area (TPSA) is 63.7 Å². The highest BCUT2D eigenvalue weighted by atomic mass is 16.5. The van der Waals surface area contributed by atoms with E-state index in [1.54, 1.807) is 0 Å². The SMILES string of the molecule is Cc1ccccc1COC(=O)CCN1C(=O)[C@@H]2CC=CC[C@H]2C1=O. The molecule has 0 aromatic heterocycles. The summed E-state index contributed by atoms with van der Waals surface area (Å²) in [7, 11) is 0. The standard InChI is InChI=1S/C19H21NO4/c1-13-6-2-3-7-14(13)12-24-17(21)10-11-20-18(22)15-8-4-5-9-16(15)19(20)23/h2-7,15-16H,8-12H2,1H3/t15-,16-/m1/s1. The molecule has 1 heterocycles. The fraction of sp³-hybridized carbons (Fsp3) is 0.421. The van der Waals surface area contributed by atoms with Crippen molar-refractivity contribution >= 4 is 17.8 Å². The largest absolute Gasteiger partial charge is 0.461 e. The third-order valence-electron chi connectivity index (χ3n) is 4.79. The number of fused-ring (bicyclic) bond motifs is 1. The summed E-state index contributed by atoms with van der Waals surface area (Å²) in [6.45, 7) is 2.28. The highest BCUT2D eigenvalue weighted by Crippen LogP contribution is 2.35. The third kappa shape index (κ3) is 3.25. The van der Waals surface area contributed by atoms with Crippen molar-refractivity contribution in [2.75, 3.05) is 6.54 Å². The number of benzene rings is 1. The predicted molar refractivity (Wildman–Crippen MR) is 87.7 cm³/mol. The van der Waals surface area contributed by atoms with Crippen LogP contribution in [-0.4, -0.2) is 29.2 Å². The van der Waals surface area contributed by atoms with Gasteiger partial charge in [-0.3, -0.25) is 19.3 Å². The number of ether oxygens (including phenoxy) is 1. The minimum atomic E-state index is -0.396. The summed E-state index contributed by atoms with van der Waals surface area (Å²) in [4.78, 5) is 37.8. The number of carbonyl (C=O) groups excluding carboxylic acids is 3. The molecule has 0 spiro atoms. The van der Waals surface area contributed by atoms with Crippen LogP contribution in [0.2, 0.25) is 0 Å². The molecule has 24 heavy (non-hydrogen) atoms. The van der Waals surface area contributed by atoms with Gasteiger partial charge in [0.2, 0.25) is 11.8 Å². The van der Waals surface area contributed by atoms with Gasteiger partial charge in [-0.15, -0.1) is 0 Å². The van der Waals surface area contributed by atoms with Crippen molar-refractivity contribution < 1.29 is 19.1 Å². The number of imide groups is 1. The monoisotopic (exact) mass is 327 g/mol. The molecule has 0 radical (unpaired) electrons. The Bertz CT molecular complexity index is 668. The summed E-state index contributed by atoms with van der Waals surface area (Å²) in [5, 5.41) is 0. The quantitative estimate of drug-likeness (QED) is 0.473. The van der Waals surface area contributed by atoms with Gasteiger partial charge in [-0.1, -0.05) is 36.4 Å². The number of hydrogen-bond donors (Lipinski definition) is 0. The van der Waals surface area contributed by atoms with Gasteiger partial charge in [0.25, 0.3) is 0 Å². The highest BCUT2D eigenvalue weighted by Gasteiger charge is 2.46. The molecule has 1 aliphatic carbocycles. The summed E-state index contributed by atoms with van der Waals surface area (Å²) in [5.41, 5.74) is 2.02. The van der Waals surface area contributed by atoms with Gasteiger partial charge in [0.15, 0.2) is 0 Å². The zero-order valence-electron chi connectivity index (χ0n) is 13.7. The first-order chi connectivity index (χ1) is 11.6. The lowest BCUT2D eigenvalue weighted by Gasteiger charge is -2.14. The second-order valence-electron chi connectivity index (χ2n) is 6.32. The van der Waals surface area contributed by atoms with Crippen LogP contribution < -0.4 is 0 Å². The smallest absolute Gasteiger partial charge is 0.307 e. The number of esters is 1. The van der Waals surface area contributed by atoms with Crippen LogP contribution in [0.4, 0.5) is 0 Å². The Kier molecular flexibility index (Phi) is 4.79. The molecule has 2 amide bonds. The fourth-order valence-corrected chi connectivity index (χ4v) is 3.29. The maximum atomic E-state index is 12.3. The maximum Gasteiger partial charge on any atom is 0.307 e. The molecule has 5 heteroatoms. The van der Waals surface area contributed by atoms with Crippen molar-refractivity contribution in [3.05, 3.63) is 47.5 Å². The van der Waals surface area contributed by atoms with E-state index in [0.717, 1.165) is 11.1 Å². The second kappa shape index (κ2) is 6.99. The minimum absolute atomic E-state index is 0.0379. The van der Waals surface area contributed by atoms with Crippen LogP contribution in [0.25, 0.3) is 0 Å². The molecule has 1 aromatic carbocycles. The molecular formula is C19H21NO4. The molecular weight excluding hydrogens is 306 g/mol. The molecule has 1 aromatic rings. The summed E-state index contributed by atoms with van der Waals surface area (Å²) in [6.07, 6.45) is 5.17. The van der Waals surface area contributed by atoms with Crippen LogP contribution >= 0.6 is 0 Å². The van der Waals surface area contributed by atoms with Crippen LogP contribution in [-0.2, 0) is 25.7 Å². The first-order valence-corrected chi connectivity index (χ1v) is 8.28. The molecule has 1 fully saturated rings. The Morgan fingerprint density at radius 3 is 2.38 bits per heavy atom. The Labute approximate surface area is 141 Å². The fourth-order valence-electron chi connectivity index (χ4n) is 3.29. The number of nitrogens with zero attached hydrogens (tertiary/aromatic N) is 1. The number of amides is 2. The van der Waals surface area contributed by atoms with E-state index in [1.165, 1.54) is 4.90 Å². The predicted octanol–water partition coefficient (Wildman–Crippen LogP) is 2.38. The van der Waals surface area contributed by atoms with Crippen molar-refractivity contribution in [1.29, 1.82) is 0 Å². The average molecular weight is 327 g/mol. The first kappa shape index (κ1) is 16.4. The van der Waals surface area contributed by atoms with Crippen LogP contribution in [0.1, 0.15) is 30.4 Å². The number of hydrogen-bond acceptors (Lipinski definition) is 4. The van der Waals surface area contributed by atoms with E-state index in [9.17, 15) is 14.4 Å². The zero-order chi connectivity index (χ0) is 17.1. The molecule has 1 saturated heterocycles. The maximum absolute atomic E-state index is 12.3. The van der Waals surface area contributed by atoms with E-state index in [0.29, 0.717) is 12.8 Å². The number of aryl methyl sites for hydroxylation is 1. The van der Waals surface area contributed by atoms with Crippen molar-refractivity contribution in [3.8, 4) is 0 Å². The Balaban J connectivity index is 1.51.